The van der Waals surface area contributed by atoms with E-state index in [9.17, 15) is 4.79 Å². The van der Waals surface area contributed by atoms with Crippen molar-refractivity contribution in [1.82, 2.24) is 4.98 Å². The monoisotopic (exact) mass is 309 g/mol. The Kier molecular flexibility index (Phi) is 4.03. The van der Waals surface area contributed by atoms with Crippen molar-refractivity contribution in [3.05, 3.63) is 52.0 Å². The lowest BCUT2D eigenvalue weighted by Crippen LogP contribution is -2.32. The van der Waals surface area contributed by atoms with E-state index in [1.54, 1.807) is 23.7 Å². The number of nitriles is 1. The molecule has 5 heteroatoms. The van der Waals surface area contributed by atoms with Gasteiger partial charge in [-0.1, -0.05) is 0 Å². The summed E-state index contributed by atoms with van der Waals surface area (Å²) in [5.41, 5.74) is 4.98. The Morgan fingerprint density at radius 2 is 2.32 bits per heavy atom. The molecule has 1 heterocycles. The van der Waals surface area contributed by atoms with E-state index in [0.717, 1.165) is 29.8 Å². The lowest BCUT2D eigenvalue weighted by Gasteiger charge is -2.23. The summed E-state index contributed by atoms with van der Waals surface area (Å²) in [7, 11) is 0. The van der Waals surface area contributed by atoms with E-state index < -0.39 is 0 Å². The van der Waals surface area contributed by atoms with Crippen LogP contribution >= 0.6 is 11.3 Å². The number of amides is 1. The molecular formula is C17H15N3OS. The minimum absolute atomic E-state index is 0.0386. The zero-order valence-electron chi connectivity index (χ0n) is 12.2. The highest BCUT2D eigenvalue weighted by Crippen LogP contribution is 2.34. The van der Waals surface area contributed by atoms with Gasteiger partial charge in [-0.05, 0) is 49.6 Å². The van der Waals surface area contributed by atoms with E-state index in [0.29, 0.717) is 5.56 Å². The van der Waals surface area contributed by atoms with Crippen LogP contribution in [0.3, 0.4) is 0 Å². The number of anilines is 1. The molecule has 110 valence electrons. The summed E-state index contributed by atoms with van der Waals surface area (Å²) < 4.78 is 0. The molecule has 0 N–H and O–H groups in total. The third-order valence-corrected chi connectivity index (χ3v) is 4.19. The zero-order valence-corrected chi connectivity index (χ0v) is 13.0. The summed E-state index contributed by atoms with van der Waals surface area (Å²) in [6.45, 7) is 1.93. The molecule has 1 aromatic heterocycles. The number of carbonyl (C=O) groups is 1. The number of hydrogen-bond donors (Lipinski definition) is 0. The second-order valence-electron chi connectivity index (χ2n) is 5.30. The molecule has 1 aliphatic carbocycles. The predicted molar refractivity (Wildman–Crippen MR) is 87.6 cm³/mol. The summed E-state index contributed by atoms with van der Waals surface area (Å²) >= 11 is 1.50. The number of benzene rings is 1. The number of thiazole rings is 1. The van der Waals surface area contributed by atoms with Crippen molar-refractivity contribution >= 4 is 29.0 Å². The summed E-state index contributed by atoms with van der Waals surface area (Å²) in [6.07, 6.45) is 5.36. The Morgan fingerprint density at radius 1 is 1.50 bits per heavy atom. The summed E-state index contributed by atoms with van der Waals surface area (Å²) in [5, 5.41) is 10.9. The minimum Gasteiger partial charge on any atom is -0.306 e. The van der Waals surface area contributed by atoms with E-state index in [-0.39, 0.29) is 11.9 Å². The van der Waals surface area contributed by atoms with Crippen molar-refractivity contribution in [2.45, 2.75) is 25.8 Å². The molecule has 0 bridgehead atoms. The fourth-order valence-corrected chi connectivity index (χ4v) is 2.89. The van der Waals surface area contributed by atoms with Gasteiger partial charge >= 0.3 is 0 Å². The summed E-state index contributed by atoms with van der Waals surface area (Å²) in [4.78, 5) is 18.6. The summed E-state index contributed by atoms with van der Waals surface area (Å²) in [5.74, 6) is -0.0386. The molecule has 0 atom stereocenters. The van der Waals surface area contributed by atoms with Crippen LogP contribution in [0, 0.1) is 18.3 Å². The van der Waals surface area contributed by atoms with Crippen LogP contribution in [0.1, 0.15) is 29.7 Å². The number of nitrogens with zero attached hydrogens (tertiary/aromatic N) is 3. The zero-order chi connectivity index (χ0) is 15.5. The van der Waals surface area contributed by atoms with Crippen LogP contribution < -0.4 is 4.90 Å². The molecular weight excluding hydrogens is 294 g/mol. The Hall–Kier alpha value is -2.45. The van der Waals surface area contributed by atoms with E-state index in [1.807, 2.05) is 29.3 Å². The highest BCUT2D eigenvalue weighted by molar-refractivity contribution is 7.07. The van der Waals surface area contributed by atoms with Gasteiger partial charge in [0.15, 0.2) is 0 Å². The SMILES string of the molecule is Cc1cc(C#N)ccc1N(C(=O)/C=C\c1cscn1)C1CC1. The van der Waals surface area contributed by atoms with Crippen molar-refractivity contribution in [1.29, 1.82) is 5.26 Å². The number of aryl methyl sites for hydroxylation is 1. The Labute approximate surface area is 133 Å². The topological polar surface area (TPSA) is 57.0 Å². The van der Waals surface area contributed by atoms with Crippen molar-refractivity contribution < 1.29 is 4.79 Å². The summed E-state index contributed by atoms with van der Waals surface area (Å²) in [6, 6.07) is 7.83. The quantitative estimate of drug-likeness (QED) is 0.812. The van der Waals surface area contributed by atoms with Crippen molar-refractivity contribution in [2.75, 3.05) is 4.90 Å². The van der Waals surface area contributed by atoms with Crippen molar-refractivity contribution in [2.24, 2.45) is 0 Å². The molecule has 2 aromatic rings. The second-order valence-corrected chi connectivity index (χ2v) is 6.02. The lowest BCUT2D eigenvalue weighted by molar-refractivity contribution is -0.114. The van der Waals surface area contributed by atoms with Crippen LogP contribution in [0.25, 0.3) is 6.08 Å². The molecule has 3 rings (SSSR count). The predicted octanol–water partition coefficient (Wildman–Crippen LogP) is 3.53. The van der Waals surface area contributed by atoms with Gasteiger partial charge in [-0.25, -0.2) is 4.98 Å². The Balaban J connectivity index is 1.87. The molecule has 1 aromatic carbocycles. The lowest BCUT2D eigenvalue weighted by atomic mass is 10.1. The van der Waals surface area contributed by atoms with E-state index in [1.165, 1.54) is 11.3 Å². The van der Waals surface area contributed by atoms with Crippen LogP contribution in [0.5, 0.6) is 0 Å². The van der Waals surface area contributed by atoms with Gasteiger partial charge in [-0.3, -0.25) is 4.79 Å². The first-order valence-electron chi connectivity index (χ1n) is 7.09. The third kappa shape index (κ3) is 3.07. The van der Waals surface area contributed by atoms with Crippen molar-refractivity contribution in [3.63, 3.8) is 0 Å². The Bertz CT molecular complexity index is 755. The molecule has 22 heavy (non-hydrogen) atoms. The number of aromatic nitrogens is 1. The molecule has 0 radical (unpaired) electrons. The largest absolute Gasteiger partial charge is 0.306 e. The first-order valence-corrected chi connectivity index (χ1v) is 8.03. The standard InChI is InChI=1S/C17H15N3OS/c1-12-8-13(9-18)2-6-16(12)20(15-4-5-15)17(21)7-3-14-10-22-11-19-14/h2-3,6-8,10-11,15H,4-5H2,1H3/b7-3-. The second kappa shape index (κ2) is 6.12. The number of hydrogen-bond acceptors (Lipinski definition) is 4. The fourth-order valence-electron chi connectivity index (χ4n) is 2.36. The van der Waals surface area contributed by atoms with Gasteiger partial charge in [0.25, 0.3) is 5.91 Å². The number of rotatable bonds is 4. The maximum atomic E-state index is 12.6. The van der Waals surface area contributed by atoms with Crippen LogP contribution in [-0.2, 0) is 4.79 Å². The van der Waals surface area contributed by atoms with Crippen LogP contribution in [0.4, 0.5) is 5.69 Å². The van der Waals surface area contributed by atoms with E-state index >= 15 is 0 Å². The Morgan fingerprint density at radius 3 is 2.91 bits per heavy atom. The normalized spacial score (nSPS) is 14.0. The minimum atomic E-state index is -0.0386. The molecule has 1 amide bonds. The highest BCUT2D eigenvalue weighted by atomic mass is 32.1. The molecule has 4 nitrogen and oxygen atoms in total. The van der Waals surface area contributed by atoms with E-state index in [2.05, 4.69) is 11.1 Å². The third-order valence-electron chi connectivity index (χ3n) is 3.58. The first kappa shape index (κ1) is 14.5. The average Bonchev–Trinajstić information content (AvgIpc) is 3.21. The van der Waals surface area contributed by atoms with Gasteiger partial charge in [-0.15, -0.1) is 11.3 Å². The molecule has 0 saturated heterocycles. The maximum absolute atomic E-state index is 12.6. The first-order chi connectivity index (χ1) is 10.7. The van der Waals surface area contributed by atoms with Gasteiger partial charge in [0, 0.05) is 23.2 Å². The van der Waals surface area contributed by atoms with Gasteiger partial charge < -0.3 is 4.90 Å². The molecule has 0 spiro atoms. The van der Waals surface area contributed by atoms with Gasteiger partial charge in [0.1, 0.15) is 0 Å². The molecule has 1 saturated carbocycles. The van der Waals surface area contributed by atoms with Crippen LogP contribution in [0.2, 0.25) is 0 Å². The van der Waals surface area contributed by atoms with E-state index in [4.69, 9.17) is 5.26 Å². The van der Waals surface area contributed by atoms with Gasteiger partial charge in [0.05, 0.1) is 22.8 Å². The smallest absolute Gasteiger partial charge is 0.251 e. The van der Waals surface area contributed by atoms with Gasteiger partial charge in [-0.2, -0.15) is 5.26 Å². The fraction of sp³-hybridized carbons (Fsp3) is 0.235. The van der Waals surface area contributed by atoms with Crippen molar-refractivity contribution in [3.8, 4) is 6.07 Å². The number of carbonyl (C=O) groups excluding carboxylic acids is 1. The molecule has 0 aliphatic heterocycles. The molecule has 0 unspecified atom stereocenters. The van der Waals surface area contributed by atoms with Crippen LogP contribution in [0.15, 0.2) is 35.2 Å². The van der Waals surface area contributed by atoms with Gasteiger partial charge in [0.2, 0.25) is 0 Å². The molecule has 1 fully saturated rings. The van der Waals surface area contributed by atoms with Crippen LogP contribution in [-0.4, -0.2) is 16.9 Å². The highest BCUT2D eigenvalue weighted by Gasteiger charge is 2.33. The molecule has 1 aliphatic rings. The maximum Gasteiger partial charge on any atom is 0.251 e. The average molecular weight is 309 g/mol.